The standard InChI is InChI=1S/C23H26N2O2S/c1-5-20(27-18-9-7-6-8-10-18)21(26)25-22-24-19(15-28-22)16-11-13-17(14-12-16)23(2,3)4/h6-15,20H,5H2,1-4H3,(H,24,25,26). The monoisotopic (exact) mass is 394 g/mol. The lowest BCUT2D eigenvalue weighted by molar-refractivity contribution is -0.122. The van der Waals surface area contributed by atoms with E-state index in [9.17, 15) is 4.79 Å². The van der Waals surface area contributed by atoms with Gasteiger partial charge in [0, 0.05) is 10.9 Å². The zero-order valence-electron chi connectivity index (χ0n) is 16.7. The molecule has 0 aliphatic heterocycles. The van der Waals surface area contributed by atoms with E-state index in [4.69, 9.17) is 4.74 Å². The number of carbonyl (C=O) groups is 1. The molecule has 0 fully saturated rings. The Labute approximate surface area is 170 Å². The van der Waals surface area contributed by atoms with Crippen molar-refractivity contribution < 1.29 is 9.53 Å². The molecule has 0 spiro atoms. The summed E-state index contributed by atoms with van der Waals surface area (Å²) in [6.45, 7) is 8.51. The molecule has 2 aromatic carbocycles. The van der Waals surface area contributed by atoms with E-state index in [-0.39, 0.29) is 11.3 Å². The number of hydrogen-bond donors (Lipinski definition) is 1. The largest absolute Gasteiger partial charge is 0.481 e. The first-order valence-electron chi connectivity index (χ1n) is 9.46. The quantitative estimate of drug-likeness (QED) is 0.566. The molecule has 1 aromatic heterocycles. The minimum Gasteiger partial charge on any atom is -0.481 e. The summed E-state index contributed by atoms with van der Waals surface area (Å²) in [5, 5.41) is 5.42. The highest BCUT2D eigenvalue weighted by Crippen LogP contribution is 2.28. The van der Waals surface area contributed by atoms with Crippen molar-refractivity contribution in [1.82, 2.24) is 4.98 Å². The fraction of sp³-hybridized carbons (Fsp3) is 0.304. The topological polar surface area (TPSA) is 51.2 Å². The van der Waals surface area contributed by atoms with Gasteiger partial charge in [-0.2, -0.15) is 0 Å². The van der Waals surface area contributed by atoms with Crippen LogP contribution in [-0.2, 0) is 10.2 Å². The normalized spacial score (nSPS) is 12.4. The summed E-state index contributed by atoms with van der Waals surface area (Å²) < 4.78 is 5.80. The molecule has 3 rings (SSSR count). The van der Waals surface area contributed by atoms with Gasteiger partial charge >= 0.3 is 0 Å². The van der Waals surface area contributed by atoms with E-state index in [1.807, 2.05) is 42.6 Å². The molecule has 0 aliphatic carbocycles. The van der Waals surface area contributed by atoms with Gasteiger partial charge in [0.25, 0.3) is 5.91 Å². The first-order chi connectivity index (χ1) is 13.4. The van der Waals surface area contributed by atoms with Gasteiger partial charge in [-0.15, -0.1) is 11.3 Å². The third kappa shape index (κ3) is 4.98. The van der Waals surface area contributed by atoms with E-state index in [0.717, 1.165) is 11.3 Å². The molecule has 0 aliphatic rings. The van der Waals surface area contributed by atoms with Gasteiger partial charge < -0.3 is 4.74 Å². The summed E-state index contributed by atoms with van der Waals surface area (Å²) in [6, 6.07) is 17.8. The number of amides is 1. The second-order valence-corrected chi connectivity index (χ2v) is 8.54. The van der Waals surface area contributed by atoms with Crippen LogP contribution in [0.1, 0.15) is 39.7 Å². The van der Waals surface area contributed by atoms with E-state index in [1.54, 1.807) is 0 Å². The van der Waals surface area contributed by atoms with Crippen molar-refractivity contribution in [2.24, 2.45) is 0 Å². The zero-order valence-corrected chi connectivity index (χ0v) is 17.5. The summed E-state index contributed by atoms with van der Waals surface area (Å²) in [4.78, 5) is 17.1. The number of para-hydroxylation sites is 1. The second kappa shape index (κ2) is 8.57. The van der Waals surface area contributed by atoms with Crippen LogP contribution in [0.3, 0.4) is 0 Å². The Bertz CT molecular complexity index is 912. The average molecular weight is 395 g/mol. The van der Waals surface area contributed by atoms with Gasteiger partial charge in [-0.05, 0) is 29.5 Å². The highest BCUT2D eigenvalue weighted by Gasteiger charge is 2.20. The minimum atomic E-state index is -0.555. The smallest absolute Gasteiger partial charge is 0.267 e. The van der Waals surface area contributed by atoms with Crippen molar-refractivity contribution >= 4 is 22.4 Å². The molecule has 1 N–H and O–H groups in total. The van der Waals surface area contributed by atoms with Crippen LogP contribution in [0.25, 0.3) is 11.3 Å². The Balaban J connectivity index is 1.67. The van der Waals surface area contributed by atoms with Crippen LogP contribution in [0.2, 0.25) is 0 Å². The highest BCUT2D eigenvalue weighted by molar-refractivity contribution is 7.14. The van der Waals surface area contributed by atoms with Crippen LogP contribution in [0.15, 0.2) is 60.0 Å². The summed E-state index contributed by atoms with van der Waals surface area (Å²) >= 11 is 1.42. The molecule has 146 valence electrons. The number of carbonyl (C=O) groups excluding carboxylic acids is 1. The molecule has 0 saturated heterocycles. The van der Waals surface area contributed by atoms with Crippen LogP contribution in [0, 0.1) is 0 Å². The summed E-state index contributed by atoms with van der Waals surface area (Å²) in [5.41, 5.74) is 3.30. The first kappa shape index (κ1) is 20.1. The fourth-order valence-corrected chi connectivity index (χ4v) is 3.50. The number of aromatic nitrogens is 1. The van der Waals surface area contributed by atoms with Gasteiger partial charge in [0.15, 0.2) is 11.2 Å². The summed E-state index contributed by atoms with van der Waals surface area (Å²) in [6.07, 6.45) is 0.0218. The second-order valence-electron chi connectivity index (χ2n) is 7.68. The van der Waals surface area contributed by atoms with E-state index < -0.39 is 6.10 Å². The van der Waals surface area contributed by atoms with E-state index in [0.29, 0.717) is 17.3 Å². The Hall–Kier alpha value is -2.66. The Morgan fingerprint density at radius 2 is 1.79 bits per heavy atom. The minimum absolute atomic E-state index is 0.119. The van der Waals surface area contributed by atoms with Crippen LogP contribution in [0.5, 0.6) is 5.75 Å². The molecule has 1 amide bonds. The molecule has 3 aromatic rings. The third-order valence-electron chi connectivity index (χ3n) is 4.47. The number of anilines is 1. The van der Waals surface area contributed by atoms with Gasteiger partial charge in [0.2, 0.25) is 0 Å². The SMILES string of the molecule is CCC(Oc1ccccc1)C(=O)Nc1nc(-c2ccc(C(C)(C)C)cc2)cs1. The van der Waals surface area contributed by atoms with Gasteiger partial charge in [0.1, 0.15) is 5.75 Å². The van der Waals surface area contributed by atoms with Crippen molar-refractivity contribution in [1.29, 1.82) is 0 Å². The van der Waals surface area contributed by atoms with Crippen LogP contribution in [0.4, 0.5) is 5.13 Å². The molecule has 0 bridgehead atoms. The average Bonchev–Trinajstić information content (AvgIpc) is 3.14. The molecule has 4 nitrogen and oxygen atoms in total. The predicted octanol–water partition coefficient (Wildman–Crippen LogP) is 5.90. The maximum atomic E-state index is 12.6. The zero-order chi connectivity index (χ0) is 20.1. The van der Waals surface area contributed by atoms with E-state index in [2.05, 4.69) is 55.3 Å². The van der Waals surface area contributed by atoms with Crippen LogP contribution < -0.4 is 10.1 Å². The lowest BCUT2D eigenvalue weighted by atomic mass is 9.86. The van der Waals surface area contributed by atoms with Gasteiger partial charge in [-0.3, -0.25) is 10.1 Å². The molecular weight excluding hydrogens is 368 g/mol. The Morgan fingerprint density at radius 3 is 2.39 bits per heavy atom. The van der Waals surface area contributed by atoms with Crippen LogP contribution in [-0.4, -0.2) is 17.0 Å². The maximum absolute atomic E-state index is 12.6. The molecule has 1 unspecified atom stereocenters. The molecule has 0 saturated carbocycles. The molecule has 1 heterocycles. The number of hydrogen-bond acceptors (Lipinski definition) is 4. The Morgan fingerprint density at radius 1 is 1.11 bits per heavy atom. The molecular formula is C23H26N2O2S. The van der Waals surface area contributed by atoms with Gasteiger partial charge in [-0.1, -0.05) is 70.2 Å². The lowest BCUT2D eigenvalue weighted by Gasteiger charge is -2.18. The van der Waals surface area contributed by atoms with Crippen molar-refractivity contribution in [3.63, 3.8) is 0 Å². The molecule has 1 atom stereocenters. The lowest BCUT2D eigenvalue weighted by Crippen LogP contribution is -2.32. The van der Waals surface area contributed by atoms with Crippen molar-refractivity contribution in [2.45, 2.75) is 45.6 Å². The third-order valence-corrected chi connectivity index (χ3v) is 5.22. The number of rotatable bonds is 6. The van der Waals surface area contributed by atoms with E-state index >= 15 is 0 Å². The van der Waals surface area contributed by atoms with E-state index in [1.165, 1.54) is 16.9 Å². The summed E-state index contributed by atoms with van der Waals surface area (Å²) in [7, 11) is 0. The molecule has 0 radical (unpaired) electrons. The number of thiazole rings is 1. The Kier molecular flexibility index (Phi) is 6.15. The fourth-order valence-electron chi connectivity index (χ4n) is 2.78. The first-order valence-corrected chi connectivity index (χ1v) is 10.3. The van der Waals surface area contributed by atoms with Crippen molar-refractivity contribution in [2.75, 3.05) is 5.32 Å². The predicted molar refractivity (Wildman–Crippen MR) is 116 cm³/mol. The number of benzene rings is 2. The van der Waals surface area contributed by atoms with Crippen molar-refractivity contribution in [3.8, 4) is 17.0 Å². The maximum Gasteiger partial charge on any atom is 0.267 e. The van der Waals surface area contributed by atoms with Gasteiger partial charge in [-0.25, -0.2) is 4.98 Å². The molecule has 5 heteroatoms. The number of ether oxygens (including phenoxy) is 1. The van der Waals surface area contributed by atoms with Crippen molar-refractivity contribution in [3.05, 3.63) is 65.5 Å². The summed E-state index contributed by atoms with van der Waals surface area (Å²) in [5.74, 6) is 0.499. The van der Waals surface area contributed by atoms with Gasteiger partial charge in [0.05, 0.1) is 5.69 Å². The van der Waals surface area contributed by atoms with Crippen LogP contribution >= 0.6 is 11.3 Å². The highest BCUT2D eigenvalue weighted by atomic mass is 32.1. The molecule has 28 heavy (non-hydrogen) atoms. The number of nitrogens with one attached hydrogen (secondary N) is 1. The number of nitrogens with zero attached hydrogens (tertiary/aromatic N) is 1.